The van der Waals surface area contributed by atoms with Crippen molar-refractivity contribution in [1.29, 1.82) is 0 Å². The number of fused-ring (bicyclic) bond motifs is 3. The average molecular weight is 312 g/mol. The van der Waals surface area contributed by atoms with Crippen LogP contribution in [0.15, 0.2) is 0 Å². The minimum atomic E-state index is -0.893. The summed E-state index contributed by atoms with van der Waals surface area (Å²) in [5.74, 6) is -1.62. The Hall–Kier alpha value is -0.650. The molecule has 4 fully saturated rings. The van der Waals surface area contributed by atoms with Crippen LogP contribution < -0.4 is 0 Å². The van der Waals surface area contributed by atoms with Gasteiger partial charge in [-0.3, -0.25) is 4.79 Å². The van der Waals surface area contributed by atoms with E-state index in [1.165, 1.54) is 19.3 Å². The number of aliphatic carboxylic acids is 1. The van der Waals surface area contributed by atoms with Gasteiger partial charge in [-0.15, -0.1) is 0 Å². The second-order valence-corrected chi connectivity index (χ2v) is 7.31. The first-order chi connectivity index (χ1) is 10.6. The first-order valence-corrected chi connectivity index (χ1v) is 8.74. The normalized spacial score (nSPS) is 41.5. The number of hydrogen-bond donors (Lipinski definition) is 1. The van der Waals surface area contributed by atoms with Gasteiger partial charge in [0.2, 0.25) is 0 Å². The quantitative estimate of drug-likeness (QED) is 0.763. The Balaban J connectivity index is 1.54. The van der Waals surface area contributed by atoms with Gasteiger partial charge in [0.25, 0.3) is 5.97 Å². The zero-order chi connectivity index (χ0) is 15.6. The number of ether oxygens (including phenoxy) is 3. The summed E-state index contributed by atoms with van der Waals surface area (Å²) < 4.78 is 18.1. The van der Waals surface area contributed by atoms with Gasteiger partial charge in [-0.2, -0.15) is 0 Å². The van der Waals surface area contributed by atoms with Crippen LogP contribution in [-0.4, -0.2) is 36.9 Å². The molecule has 126 valence electrons. The van der Waals surface area contributed by atoms with Crippen molar-refractivity contribution in [3.8, 4) is 0 Å². The molecule has 0 spiro atoms. The van der Waals surface area contributed by atoms with Crippen LogP contribution in [0.4, 0.5) is 0 Å². The fourth-order valence-electron chi connectivity index (χ4n) is 4.03. The molecule has 0 aromatic rings. The predicted molar refractivity (Wildman–Crippen MR) is 80.2 cm³/mol. The van der Waals surface area contributed by atoms with Crippen LogP contribution in [0.5, 0.6) is 0 Å². The standard InChI is InChI=1S/C17H28O5/c1-2-3-4-9-16-10-20-17(21-11-16,22-12-16)14-7-5-13(6-8-14)15(18)19/h13-14H,2-12H2,1H3,(H,18,19). The van der Waals surface area contributed by atoms with Crippen molar-refractivity contribution in [2.24, 2.45) is 17.3 Å². The van der Waals surface area contributed by atoms with Crippen molar-refractivity contribution >= 4 is 5.97 Å². The van der Waals surface area contributed by atoms with E-state index in [2.05, 4.69) is 6.92 Å². The third-order valence-corrected chi connectivity index (χ3v) is 5.63. The van der Waals surface area contributed by atoms with E-state index in [0.717, 1.165) is 39.1 Å². The molecule has 0 amide bonds. The Bertz CT molecular complexity index is 375. The first kappa shape index (κ1) is 16.2. The molecule has 4 rings (SSSR count). The zero-order valence-corrected chi connectivity index (χ0v) is 13.5. The van der Waals surface area contributed by atoms with Crippen LogP contribution in [0.3, 0.4) is 0 Å². The molecular formula is C17H28O5. The Morgan fingerprint density at radius 1 is 1.05 bits per heavy atom. The van der Waals surface area contributed by atoms with E-state index >= 15 is 0 Å². The van der Waals surface area contributed by atoms with Crippen molar-refractivity contribution in [1.82, 2.24) is 0 Å². The summed E-state index contributed by atoms with van der Waals surface area (Å²) in [4.78, 5) is 11.1. The van der Waals surface area contributed by atoms with E-state index in [-0.39, 0.29) is 17.3 Å². The van der Waals surface area contributed by atoms with Crippen LogP contribution in [0.25, 0.3) is 0 Å². The van der Waals surface area contributed by atoms with Crippen molar-refractivity contribution in [3.05, 3.63) is 0 Å². The molecule has 1 N–H and O–H groups in total. The molecule has 0 atom stereocenters. The molecule has 1 aliphatic carbocycles. The molecule has 22 heavy (non-hydrogen) atoms. The van der Waals surface area contributed by atoms with Crippen LogP contribution >= 0.6 is 0 Å². The lowest BCUT2D eigenvalue weighted by Crippen LogP contribution is -2.63. The maximum atomic E-state index is 11.1. The van der Waals surface area contributed by atoms with Gasteiger partial charge in [0.15, 0.2) is 0 Å². The maximum absolute atomic E-state index is 11.1. The van der Waals surface area contributed by atoms with Crippen molar-refractivity contribution in [3.63, 3.8) is 0 Å². The Labute approximate surface area is 132 Å². The summed E-state index contributed by atoms with van der Waals surface area (Å²) in [7, 11) is 0. The molecule has 5 heteroatoms. The van der Waals surface area contributed by atoms with Gasteiger partial charge >= 0.3 is 5.97 Å². The fraction of sp³-hybridized carbons (Fsp3) is 0.941. The van der Waals surface area contributed by atoms with Crippen LogP contribution in [0.2, 0.25) is 0 Å². The lowest BCUT2D eigenvalue weighted by atomic mass is 9.78. The Kier molecular flexibility index (Phi) is 4.76. The second-order valence-electron chi connectivity index (χ2n) is 7.31. The molecule has 2 bridgehead atoms. The second kappa shape index (κ2) is 6.46. The van der Waals surface area contributed by atoms with E-state index in [4.69, 9.17) is 19.3 Å². The number of unbranched alkanes of at least 4 members (excludes halogenated alkanes) is 2. The third-order valence-electron chi connectivity index (χ3n) is 5.63. The van der Waals surface area contributed by atoms with E-state index in [9.17, 15) is 4.79 Å². The molecule has 0 radical (unpaired) electrons. The largest absolute Gasteiger partial charge is 0.481 e. The van der Waals surface area contributed by atoms with Crippen LogP contribution in [0.1, 0.15) is 58.3 Å². The maximum Gasteiger partial charge on any atom is 0.306 e. The number of hydrogen-bond acceptors (Lipinski definition) is 4. The summed E-state index contributed by atoms with van der Waals surface area (Å²) in [6, 6.07) is 0. The summed E-state index contributed by atoms with van der Waals surface area (Å²) in [5.41, 5.74) is 0.0369. The van der Waals surface area contributed by atoms with E-state index in [1.54, 1.807) is 0 Å². The minimum absolute atomic E-state index is 0.0369. The fourth-order valence-corrected chi connectivity index (χ4v) is 4.03. The molecule has 0 aromatic heterocycles. The highest BCUT2D eigenvalue weighted by Crippen LogP contribution is 2.48. The van der Waals surface area contributed by atoms with Crippen molar-refractivity contribution < 1.29 is 24.1 Å². The SMILES string of the molecule is CCCCCC12COC(C3CCC(C(=O)O)CC3)(OC1)OC2. The molecule has 4 aliphatic rings. The van der Waals surface area contributed by atoms with Crippen LogP contribution in [0, 0.1) is 17.3 Å². The number of rotatable bonds is 6. The Morgan fingerprint density at radius 3 is 2.14 bits per heavy atom. The van der Waals surface area contributed by atoms with Gasteiger partial charge < -0.3 is 19.3 Å². The lowest BCUT2D eigenvalue weighted by molar-refractivity contribution is -0.488. The first-order valence-electron chi connectivity index (χ1n) is 8.74. The summed E-state index contributed by atoms with van der Waals surface area (Å²) in [5, 5.41) is 9.11. The van der Waals surface area contributed by atoms with Gasteiger partial charge in [-0.1, -0.05) is 26.2 Å². The molecule has 3 heterocycles. The molecule has 1 saturated carbocycles. The molecular weight excluding hydrogens is 284 g/mol. The van der Waals surface area contributed by atoms with Gasteiger partial charge in [0, 0.05) is 11.3 Å². The number of carboxylic acid groups (broad SMARTS) is 1. The average Bonchev–Trinajstić information content (AvgIpc) is 2.57. The Morgan fingerprint density at radius 2 is 1.64 bits per heavy atom. The topological polar surface area (TPSA) is 65.0 Å². The smallest absolute Gasteiger partial charge is 0.306 e. The van der Waals surface area contributed by atoms with Crippen LogP contribution in [-0.2, 0) is 19.0 Å². The van der Waals surface area contributed by atoms with Gasteiger partial charge in [0.1, 0.15) is 0 Å². The molecule has 0 aromatic carbocycles. The minimum Gasteiger partial charge on any atom is -0.481 e. The van der Waals surface area contributed by atoms with Crippen molar-refractivity contribution in [2.45, 2.75) is 64.3 Å². The summed E-state index contributed by atoms with van der Waals surface area (Å²) in [6.07, 6.45) is 7.76. The lowest BCUT2D eigenvalue weighted by Gasteiger charge is -2.55. The molecule has 5 nitrogen and oxygen atoms in total. The van der Waals surface area contributed by atoms with E-state index in [1.807, 2.05) is 0 Å². The summed E-state index contributed by atoms with van der Waals surface area (Å²) >= 11 is 0. The monoisotopic (exact) mass is 312 g/mol. The third kappa shape index (κ3) is 3.03. The molecule has 3 aliphatic heterocycles. The zero-order valence-electron chi connectivity index (χ0n) is 13.5. The molecule has 0 unspecified atom stereocenters. The number of carboxylic acids is 1. The van der Waals surface area contributed by atoms with E-state index < -0.39 is 11.9 Å². The van der Waals surface area contributed by atoms with Gasteiger partial charge in [-0.05, 0) is 32.1 Å². The summed E-state index contributed by atoms with van der Waals surface area (Å²) in [6.45, 7) is 4.36. The van der Waals surface area contributed by atoms with Crippen molar-refractivity contribution in [2.75, 3.05) is 19.8 Å². The highest BCUT2D eigenvalue weighted by molar-refractivity contribution is 5.69. The van der Waals surface area contributed by atoms with Gasteiger partial charge in [0.05, 0.1) is 25.7 Å². The highest BCUT2D eigenvalue weighted by Gasteiger charge is 2.56. The molecule has 3 saturated heterocycles. The van der Waals surface area contributed by atoms with Gasteiger partial charge in [-0.25, -0.2) is 0 Å². The predicted octanol–water partition coefficient (Wildman–Crippen LogP) is 3.17. The van der Waals surface area contributed by atoms with E-state index in [0.29, 0.717) is 12.8 Å². The highest BCUT2D eigenvalue weighted by atomic mass is 16.9. The number of carbonyl (C=O) groups is 1.